The Morgan fingerprint density at radius 1 is 1.10 bits per heavy atom. The lowest BCUT2D eigenvalue weighted by Gasteiger charge is -2.26. The maximum absolute atomic E-state index is 13.3. The second-order valence-electron chi connectivity index (χ2n) is 8.55. The summed E-state index contributed by atoms with van der Waals surface area (Å²) in [5.74, 6) is -2.56. The Kier molecular flexibility index (Phi) is 7.96. The van der Waals surface area contributed by atoms with E-state index < -0.39 is 29.6 Å². The third-order valence-electron chi connectivity index (χ3n) is 5.98. The predicted octanol–water partition coefficient (Wildman–Crippen LogP) is 4.79. The number of benzene rings is 3. The van der Waals surface area contributed by atoms with Gasteiger partial charge in [-0.1, -0.05) is 23.7 Å². The lowest BCUT2D eigenvalue weighted by Crippen LogP contribution is -2.54. The van der Waals surface area contributed by atoms with Crippen molar-refractivity contribution in [2.45, 2.75) is 13.8 Å². The van der Waals surface area contributed by atoms with Crippen molar-refractivity contribution < 1.29 is 33.0 Å². The Morgan fingerprint density at radius 2 is 1.82 bits per heavy atom. The van der Waals surface area contributed by atoms with Crippen molar-refractivity contribution in [1.29, 1.82) is 0 Å². The highest BCUT2D eigenvalue weighted by Crippen LogP contribution is 2.37. The molecule has 0 unspecified atom stereocenters. The van der Waals surface area contributed by atoms with Crippen molar-refractivity contribution in [3.05, 3.63) is 87.7 Å². The molecule has 39 heavy (non-hydrogen) atoms. The predicted molar refractivity (Wildman–Crippen MR) is 143 cm³/mol. The number of ether oxygens (including phenoxy) is 2. The van der Waals surface area contributed by atoms with Crippen LogP contribution in [0.1, 0.15) is 16.7 Å². The SMILES string of the molecule is COc1cc(/C=C2\C(=O)NC(=O)N(c3ccc(F)cc3)C2=O)cc(Cl)c1OCC(=O)Nc1cccc(C)c1C. The average Bonchev–Trinajstić information content (AvgIpc) is 2.89. The topological polar surface area (TPSA) is 114 Å². The number of rotatable bonds is 7. The number of nitrogens with one attached hydrogen (secondary N) is 2. The Bertz CT molecular complexity index is 1520. The summed E-state index contributed by atoms with van der Waals surface area (Å²) < 4.78 is 24.3. The second kappa shape index (κ2) is 11.4. The highest BCUT2D eigenvalue weighted by Gasteiger charge is 2.37. The van der Waals surface area contributed by atoms with E-state index in [4.69, 9.17) is 21.1 Å². The first-order valence-electron chi connectivity index (χ1n) is 11.6. The normalized spacial score (nSPS) is 14.3. The molecule has 3 aromatic carbocycles. The van der Waals surface area contributed by atoms with E-state index in [1.54, 1.807) is 6.07 Å². The molecule has 1 heterocycles. The zero-order chi connectivity index (χ0) is 28.3. The molecule has 1 saturated heterocycles. The fourth-order valence-corrected chi connectivity index (χ4v) is 4.10. The molecule has 0 bridgehead atoms. The van der Waals surface area contributed by atoms with Gasteiger partial charge in [0.2, 0.25) is 0 Å². The van der Waals surface area contributed by atoms with Crippen LogP contribution >= 0.6 is 11.6 Å². The third-order valence-corrected chi connectivity index (χ3v) is 6.26. The number of methoxy groups -OCH3 is 1. The summed E-state index contributed by atoms with van der Waals surface area (Å²) in [7, 11) is 1.36. The van der Waals surface area contributed by atoms with Gasteiger partial charge in [-0.05, 0) is 79.1 Å². The number of urea groups is 1. The minimum absolute atomic E-state index is 0.0517. The van der Waals surface area contributed by atoms with Crippen LogP contribution in [0.2, 0.25) is 5.02 Å². The molecular formula is C28H23ClFN3O6. The molecule has 4 rings (SSSR count). The molecule has 0 aliphatic carbocycles. The van der Waals surface area contributed by atoms with E-state index in [1.165, 1.54) is 37.5 Å². The molecule has 3 aromatic rings. The van der Waals surface area contributed by atoms with E-state index in [2.05, 4.69) is 10.6 Å². The van der Waals surface area contributed by atoms with Crippen molar-refractivity contribution in [3.63, 3.8) is 0 Å². The van der Waals surface area contributed by atoms with Gasteiger partial charge in [-0.2, -0.15) is 0 Å². The monoisotopic (exact) mass is 551 g/mol. The van der Waals surface area contributed by atoms with Gasteiger partial charge in [-0.3, -0.25) is 19.7 Å². The van der Waals surface area contributed by atoms with Crippen LogP contribution in [0.5, 0.6) is 11.5 Å². The quantitative estimate of drug-likeness (QED) is 0.322. The number of carbonyl (C=O) groups excluding carboxylic acids is 4. The summed E-state index contributed by atoms with van der Waals surface area (Å²) in [4.78, 5) is 51.1. The van der Waals surface area contributed by atoms with E-state index in [1.807, 2.05) is 26.0 Å². The molecule has 5 amide bonds. The van der Waals surface area contributed by atoms with E-state index in [0.717, 1.165) is 28.2 Å². The van der Waals surface area contributed by atoms with Gasteiger partial charge in [0.15, 0.2) is 18.1 Å². The number of hydrogen-bond donors (Lipinski definition) is 2. The van der Waals surface area contributed by atoms with Gasteiger partial charge in [-0.25, -0.2) is 14.1 Å². The number of aryl methyl sites for hydroxylation is 1. The first-order chi connectivity index (χ1) is 18.6. The Balaban J connectivity index is 1.55. The zero-order valence-corrected chi connectivity index (χ0v) is 21.9. The molecule has 9 nitrogen and oxygen atoms in total. The van der Waals surface area contributed by atoms with Gasteiger partial charge in [0.1, 0.15) is 11.4 Å². The average molecular weight is 552 g/mol. The van der Waals surface area contributed by atoms with E-state index >= 15 is 0 Å². The van der Waals surface area contributed by atoms with Gasteiger partial charge >= 0.3 is 6.03 Å². The van der Waals surface area contributed by atoms with Crippen molar-refractivity contribution in [3.8, 4) is 11.5 Å². The van der Waals surface area contributed by atoms with Crippen molar-refractivity contribution in [2.24, 2.45) is 0 Å². The molecule has 0 atom stereocenters. The molecule has 0 radical (unpaired) electrons. The molecule has 0 spiro atoms. The summed E-state index contributed by atoms with van der Waals surface area (Å²) in [5, 5.41) is 4.93. The zero-order valence-electron chi connectivity index (χ0n) is 21.1. The molecule has 11 heteroatoms. The molecule has 0 aromatic heterocycles. The molecule has 0 saturated carbocycles. The fraction of sp³-hybridized carbons (Fsp3) is 0.143. The van der Waals surface area contributed by atoms with Crippen LogP contribution in [0.25, 0.3) is 6.08 Å². The standard InChI is InChI=1S/C28H23ClFN3O6/c1-15-5-4-6-22(16(15)2)31-24(34)14-39-25-21(29)12-17(13-23(25)38-3)11-20-26(35)32-28(37)33(27(20)36)19-9-7-18(30)8-10-19/h4-13H,14H2,1-3H3,(H,31,34)(H,32,35,37)/b20-11+. The number of barbiturate groups is 1. The number of hydrogen-bond acceptors (Lipinski definition) is 6. The first-order valence-corrected chi connectivity index (χ1v) is 12.0. The second-order valence-corrected chi connectivity index (χ2v) is 8.96. The van der Waals surface area contributed by atoms with Crippen LogP contribution in [0, 0.1) is 19.7 Å². The number of halogens is 2. The summed E-state index contributed by atoms with van der Waals surface area (Å²) in [6.07, 6.45) is 1.23. The van der Waals surface area contributed by atoms with Crippen LogP contribution in [0.4, 0.5) is 20.6 Å². The number of imide groups is 2. The van der Waals surface area contributed by atoms with Crippen LogP contribution < -0.4 is 25.0 Å². The lowest BCUT2D eigenvalue weighted by atomic mass is 10.1. The Hall–Kier alpha value is -4.70. The van der Waals surface area contributed by atoms with Crippen molar-refractivity contribution in [2.75, 3.05) is 23.9 Å². The molecular weight excluding hydrogens is 529 g/mol. The maximum atomic E-state index is 13.3. The summed E-state index contributed by atoms with van der Waals surface area (Å²) in [5.41, 5.74) is 2.62. The number of amides is 5. The number of carbonyl (C=O) groups is 4. The van der Waals surface area contributed by atoms with E-state index in [9.17, 15) is 23.6 Å². The summed E-state index contributed by atoms with van der Waals surface area (Å²) in [6.45, 7) is 3.47. The van der Waals surface area contributed by atoms with Crippen molar-refractivity contribution >= 4 is 52.8 Å². The fourth-order valence-electron chi connectivity index (χ4n) is 3.82. The minimum Gasteiger partial charge on any atom is -0.493 e. The number of nitrogens with zero attached hydrogens (tertiary/aromatic N) is 1. The molecule has 2 N–H and O–H groups in total. The van der Waals surface area contributed by atoms with Crippen LogP contribution in [0.3, 0.4) is 0 Å². The third kappa shape index (κ3) is 5.91. The summed E-state index contributed by atoms with van der Waals surface area (Å²) >= 11 is 6.40. The highest BCUT2D eigenvalue weighted by molar-refractivity contribution is 6.39. The van der Waals surface area contributed by atoms with Gasteiger partial charge in [0.25, 0.3) is 17.7 Å². The van der Waals surface area contributed by atoms with E-state index in [-0.39, 0.29) is 40.0 Å². The largest absolute Gasteiger partial charge is 0.493 e. The van der Waals surface area contributed by atoms with Crippen molar-refractivity contribution in [1.82, 2.24) is 5.32 Å². The molecule has 1 fully saturated rings. The lowest BCUT2D eigenvalue weighted by molar-refractivity contribution is -0.122. The van der Waals surface area contributed by atoms with E-state index in [0.29, 0.717) is 5.69 Å². The summed E-state index contributed by atoms with van der Waals surface area (Å²) in [6, 6.07) is 12.1. The smallest absolute Gasteiger partial charge is 0.335 e. The van der Waals surface area contributed by atoms with Crippen LogP contribution in [-0.2, 0) is 14.4 Å². The minimum atomic E-state index is -0.966. The maximum Gasteiger partial charge on any atom is 0.335 e. The van der Waals surface area contributed by atoms with Crippen LogP contribution in [0.15, 0.2) is 60.2 Å². The molecule has 1 aliphatic rings. The molecule has 1 aliphatic heterocycles. The van der Waals surface area contributed by atoms with Gasteiger partial charge in [0, 0.05) is 5.69 Å². The van der Waals surface area contributed by atoms with Crippen LogP contribution in [-0.4, -0.2) is 37.5 Å². The number of anilines is 2. The van der Waals surface area contributed by atoms with Gasteiger partial charge in [0.05, 0.1) is 17.8 Å². The van der Waals surface area contributed by atoms with Gasteiger partial charge in [-0.15, -0.1) is 0 Å². The Morgan fingerprint density at radius 3 is 2.51 bits per heavy atom. The van der Waals surface area contributed by atoms with Gasteiger partial charge < -0.3 is 14.8 Å². The Labute approximate surface area is 228 Å². The highest BCUT2D eigenvalue weighted by atomic mass is 35.5. The molecule has 200 valence electrons. The first kappa shape index (κ1) is 27.3.